The molecular weight excluding hydrogens is 741 g/mol. The van der Waals surface area contributed by atoms with E-state index in [-0.39, 0.29) is 0 Å². The molecule has 0 amide bonds. The van der Waals surface area contributed by atoms with Crippen LogP contribution in [0.1, 0.15) is 0 Å². The third kappa shape index (κ3) is 5.96. The molecule has 4 nitrogen and oxygen atoms in total. The fourth-order valence-corrected chi connectivity index (χ4v) is 9.10. The molecule has 0 atom stereocenters. The van der Waals surface area contributed by atoms with E-state index in [4.69, 9.17) is 15.0 Å². The van der Waals surface area contributed by atoms with Gasteiger partial charge in [-0.3, -0.25) is 4.57 Å². The summed E-state index contributed by atoms with van der Waals surface area (Å²) >= 11 is 0. The van der Waals surface area contributed by atoms with Crippen LogP contribution in [-0.4, -0.2) is 19.5 Å². The van der Waals surface area contributed by atoms with E-state index in [2.05, 4.69) is 223 Å². The number of aromatic nitrogens is 4. The molecule has 12 rings (SSSR count). The van der Waals surface area contributed by atoms with Crippen LogP contribution in [0.2, 0.25) is 0 Å². The summed E-state index contributed by atoms with van der Waals surface area (Å²) in [5.41, 5.74) is 11.0. The maximum Gasteiger partial charge on any atom is 0.238 e. The quantitative estimate of drug-likeness (QED) is 0.169. The zero-order chi connectivity index (χ0) is 40.3. The minimum atomic E-state index is 0.575. The summed E-state index contributed by atoms with van der Waals surface area (Å²) in [7, 11) is 0. The summed E-state index contributed by atoms with van der Waals surface area (Å²) < 4.78 is 2.23. The van der Waals surface area contributed by atoms with E-state index >= 15 is 0 Å². The third-order valence-corrected chi connectivity index (χ3v) is 12.0. The molecule has 12 aromatic rings. The van der Waals surface area contributed by atoms with Crippen LogP contribution in [0.3, 0.4) is 0 Å². The molecule has 284 valence electrons. The second-order valence-corrected chi connectivity index (χ2v) is 15.6. The van der Waals surface area contributed by atoms with Crippen molar-refractivity contribution in [3.05, 3.63) is 218 Å². The van der Waals surface area contributed by atoms with Crippen molar-refractivity contribution in [1.82, 2.24) is 19.5 Å². The van der Waals surface area contributed by atoms with Gasteiger partial charge in [0.2, 0.25) is 5.95 Å². The van der Waals surface area contributed by atoms with Crippen molar-refractivity contribution in [3.8, 4) is 62.1 Å². The molecule has 4 heteroatoms. The van der Waals surface area contributed by atoms with Gasteiger partial charge in [0.05, 0.1) is 11.0 Å². The zero-order valence-corrected chi connectivity index (χ0v) is 33.1. The Bertz CT molecular complexity index is 3620. The van der Waals surface area contributed by atoms with Crippen LogP contribution in [0.15, 0.2) is 218 Å². The van der Waals surface area contributed by atoms with Gasteiger partial charge in [-0.2, -0.15) is 9.97 Å². The van der Waals surface area contributed by atoms with Crippen molar-refractivity contribution in [3.63, 3.8) is 0 Å². The fraction of sp³-hybridized carbons (Fsp3) is 0. The van der Waals surface area contributed by atoms with E-state index < -0.39 is 0 Å². The number of benzene rings is 10. The fourth-order valence-electron chi connectivity index (χ4n) is 9.10. The average Bonchev–Trinajstić information content (AvgIpc) is 3.69. The van der Waals surface area contributed by atoms with Gasteiger partial charge >= 0.3 is 0 Å². The molecule has 2 aromatic heterocycles. The average molecular weight is 777 g/mol. The standard InChI is InChI=1S/C57H36N4/c1-3-13-37(14-4-1)44-31-25-38-26-32-45(36-46(38)35-44)56-58-55(59-57(60-56)61-52-24-10-9-21-50(52)51-34-33-40-17-7-8-20-49(40)54(51)61)43-29-27-41(28-30-43)48-23-12-19-42-18-11-22-47(53(42)48)39-15-5-2-6-16-39/h1-36H. The molecule has 2 heterocycles. The van der Waals surface area contributed by atoms with E-state index in [0.717, 1.165) is 60.0 Å². The van der Waals surface area contributed by atoms with Crippen LogP contribution >= 0.6 is 0 Å². The zero-order valence-electron chi connectivity index (χ0n) is 33.1. The lowest BCUT2D eigenvalue weighted by Gasteiger charge is -2.14. The summed E-state index contributed by atoms with van der Waals surface area (Å²) in [6.45, 7) is 0. The van der Waals surface area contributed by atoms with Gasteiger partial charge < -0.3 is 0 Å². The van der Waals surface area contributed by atoms with E-state index in [1.54, 1.807) is 0 Å². The van der Waals surface area contributed by atoms with E-state index in [1.807, 2.05) is 0 Å². The van der Waals surface area contributed by atoms with Gasteiger partial charge in [0.15, 0.2) is 11.6 Å². The highest BCUT2D eigenvalue weighted by atomic mass is 15.2. The largest absolute Gasteiger partial charge is 0.277 e. The Morgan fingerprint density at radius 3 is 1.59 bits per heavy atom. The minimum absolute atomic E-state index is 0.575. The maximum absolute atomic E-state index is 5.34. The Balaban J connectivity index is 1.06. The van der Waals surface area contributed by atoms with Crippen molar-refractivity contribution in [1.29, 1.82) is 0 Å². The molecule has 0 saturated carbocycles. The van der Waals surface area contributed by atoms with Crippen LogP contribution < -0.4 is 0 Å². The second-order valence-electron chi connectivity index (χ2n) is 15.6. The first-order chi connectivity index (χ1) is 30.2. The molecular formula is C57H36N4. The van der Waals surface area contributed by atoms with E-state index in [1.165, 1.54) is 38.6 Å². The Morgan fingerprint density at radius 1 is 0.295 bits per heavy atom. The monoisotopic (exact) mass is 776 g/mol. The molecule has 0 radical (unpaired) electrons. The van der Waals surface area contributed by atoms with Crippen molar-refractivity contribution in [2.24, 2.45) is 0 Å². The van der Waals surface area contributed by atoms with Gasteiger partial charge in [-0.15, -0.1) is 0 Å². The predicted octanol–water partition coefficient (Wildman–Crippen LogP) is 14.8. The molecule has 0 spiro atoms. The van der Waals surface area contributed by atoms with Gasteiger partial charge in [-0.25, -0.2) is 4.98 Å². The molecule has 0 aliphatic heterocycles. The van der Waals surface area contributed by atoms with Gasteiger partial charge in [0.1, 0.15) is 0 Å². The second kappa shape index (κ2) is 14.3. The van der Waals surface area contributed by atoms with Gasteiger partial charge in [-0.1, -0.05) is 200 Å². The topological polar surface area (TPSA) is 43.6 Å². The first-order valence-electron chi connectivity index (χ1n) is 20.7. The summed E-state index contributed by atoms with van der Waals surface area (Å²) in [4.78, 5) is 16.0. The van der Waals surface area contributed by atoms with Crippen molar-refractivity contribution in [2.45, 2.75) is 0 Å². The molecule has 0 N–H and O–H groups in total. The molecule has 0 fully saturated rings. The van der Waals surface area contributed by atoms with Crippen molar-refractivity contribution >= 4 is 54.1 Å². The lowest BCUT2D eigenvalue weighted by Crippen LogP contribution is -2.06. The maximum atomic E-state index is 5.34. The Hall–Kier alpha value is -8.21. The van der Waals surface area contributed by atoms with Gasteiger partial charge in [0, 0.05) is 27.3 Å². The van der Waals surface area contributed by atoms with Crippen LogP contribution in [0.25, 0.3) is 116 Å². The third-order valence-electron chi connectivity index (χ3n) is 12.0. The number of rotatable bonds is 6. The van der Waals surface area contributed by atoms with E-state index in [9.17, 15) is 0 Å². The molecule has 61 heavy (non-hydrogen) atoms. The van der Waals surface area contributed by atoms with Crippen molar-refractivity contribution < 1.29 is 0 Å². The lowest BCUT2D eigenvalue weighted by atomic mass is 9.91. The number of fused-ring (bicyclic) bond motifs is 7. The Labute approximate surface area is 352 Å². The number of hydrogen-bond acceptors (Lipinski definition) is 3. The molecule has 0 aliphatic carbocycles. The number of nitrogens with zero attached hydrogens (tertiary/aromatic N) is 4. The Kier molecular flexibility index (Phi) is 8.13. The number of hydrogen-bond donors (Lipinski definition) is 0. The van der Waals surface area contributed by atoms with Gasteiger partial charge in [0.25, 0.3) is 0 Å². The van der Waals surface area contributed by atoms with Crippen LogP contribution in [0, 0.1) is 0 Å². The predicted molar refractivity (Wildman–Crippen MR) is 254 cm³/mol. The molecule has 0 aliphatic rings. The number of para-hydroxylation sites is 1. The van der Waals surface area contributed by atoms with Crippen LogP contribution in [0.5, 0.6) is 0 Å². The van der Waals surface area contributed by atoms with E-state index in [0.29, 0.717) is 17.6 Å². The summed E-state index contributed by atoms with van der Waals surface area (Å²) in [5.74, 6) is 1.80. The highest BCUT2D eigenvalue weighted by Gasteiger charge is 2.20. The van der Waals surface area contributed by atoms with Crippen LogP contribution in [-0.2, 0) is 0 Å². The molecule has 10 aromatic carbocycles. The minimum Gasteiger partial charge on any atom is -0.277 e. The summed E-state index contributed by atoms with van der Waals surface area (Å²) in [6, 6.07) is 77.6. The first-order valence-corrected chi connectivity index (χ1v) is 20.7. The van der Waals surface area contributed by atoms with Crippen LogP contribution in [0.4, 0.5) is 0 Å². The Morgan fingerprint density at radius 2 is 0.836 bits per heavy atom. The lowest BCUT2D eigenvalue weighted by molar-refractivity contribution is 0.955. The molecule has 0 unspecified atom stereocenters. The summed E-state index contributed by atoms with van der Waals surface area (Å²) in [6.07, 6.45) is 0. The molecule has 0 bridgehead atoms. The highest BCUT2D eigenvalue weighted by molar-refractivity contribution is 6.18. The summed E-state index contributed by atoms with van der Waals surface area (Å²) in [5, 5.41) is 9.35. The molecule has 0 saturated heterocycles. The first kappa shape index (κ1) is 34.8. The normalized spacial score (nSPS) is 11.6. The van der Waals surface area contributed by atoms with Crippen molar-refractivity contribution in [2.75, 3.05) is 0 Å². The highest BCUT2D eigenvalue weighted by Crippen LogP contribution is 2.39. The SMILES string of the molecule is c1ccc(-c2ccc3ccc(-c4nc(-c5ccc(-c6cccc7cccc(-c8ccccc8)c67)cc5)nc(-n5c6ccccc6c6ccc7ccccc7c65)n4)cc3c2)cc1. The smallest absolute Gasteiger partial charge is 0.238 e. The van der Waals surface area contributed by atoms with Gasteiger partial charge in [-0.05, 0) is 78.5 Å².